The average Bonchev–Trinajstić information content (AvgIpc) is 3.02. The molecule has 1 aliphatic heterocycles. The standard InChI is InChI=1S/C37H47FN4O5/c1-24(2)34(42-17-11-16-39-37(42)46)36(45)40-30(20-27-12-7-5-8-13-27)22-32(43)31(21-28-14-9-6-10-15-28)41-33(44)23-47-35-25(3)18-29(38)19-26(35)4/h5-10,12-15,18-19,24,30-32,34,43H,11,16-17,20-23H2,1-4H3,(H,39,46)(H,40,45)(H,41,44)/t30-,31-,32-,34-/m0/s1. The number of nitrogens with one attached hydrogen (secondary N) is 3. The summed E-state index contributed by atoms with van der Waals surface area (Å²) in [4.78, 5) is 41.3. The van der Waals surface area contributed by atoms with Crippen LogP contribution in [0.2, 0.25) is 0 Å². The molecule has 0 radical (unpaired) electrons. The van der Waals surface area contributed by atoms with Crippen molar-refractivity contribution in [1.29, 1.82) is 0 Å². The van der Waals surface area contributed by atoms with Crippen LogP contribution >= 0.6 is 0 Å². The van der Waals surface area contributed by atoms with Gasteiger partial charge in [-0.25, -0.2) is 9.18 Å². The van der Waals surface area contributed by atoms with E-state index in [-0.39, 0.29) is 36.7 Å². The van der Waals surface area contributed by atoms with Crippen molar-refractivity contribution in [3.8, 4) is 5.75 Å². The van der Waals surface area contributed by atoms with Gasteiger partial charge in [-0.1, -0.05) is 74.5 Å². The highest BCUT2D eigenvalue weighted by atomic mass is 19.1. The lowest BCUT2D eigenvalue weighted by molar-refractivity contribution is -0.128. The molecule has 9 nitrogen and oxygen atoms in total. The summed E-state index contributed by atoms with van der Waals surface area (Å²) in [6, 6.07) is 19.8. The number of ether oxygens (including phenoxy) is 1. The van der Waals surface area contributed by atoms with Crippen molar-refractivity contribution >= 4 is 17.8 Å². The molecule has 4 N–H and O–H groups in total. The van der Waals surface area contributed by atoms with E-state index in [1.165, 1.54) is 12.1 Å². The molecular formula is C37H47FN4O5. The van der Waals surface area contributed by atoms with Crippen LogP contribution in [0.25, 0.3) is 0 Å². The second kappa shape index (κ2) is 16.9. The fourth-order valence-electron chi connectivity index (χ4n) is 6.21. The number of amides is 4. The lowest BCUT2D eigenvalue weighted by Gasteiger charge is -2.37. The Labute approximate surface area is 276 Å². The highest BCUT2D eigenvalue weighted by molar-refractivity contribution is 5.87. The Bertz CT molecular complexity index is 1460. The Morgan fingerprint density at radius 2 is 1.55 bits per heavy atom. The zero-order valence-electron chi connectivity index (χ0n) is 27.7. The van der Waals surface area contributed by atoms with Crippen molar-refractivity contribution in [2.24, 2.45) is 5.92 Å². The number of carbonyl (C=O) groups excluding carboxylic acids is 3. The molecular weight excluding hydrogens is 599 g/mol. The molecule has 0 unspecified atom stereocenters. The largest absolute Gasteiger partial charge is 0.483 e. The topological polar surface area (TPSA) is 120 Å². The van der Waals surface area contributed by atoms with Crippen molar-refractivity contribution in [3.63, 3.8) is 0 Å². The number of carbonyl (C=O) groups is 3. The first kappa shape index (κ1) is 35.4. The highest BCUT2D eigenvalue weighted by Crippen LogP contribution is 2.24. The number of halogens is 1. The molecule has 4 atom stereocenters. The van der Waals surface area contributed by atoms with Crippen LogP contribution in [0.1, 0.15) is 48.9 Å². The molecule has 0 spiro atoms. The first-order chi connectivity index (χ1) is 22.5. The van der Waals surface area contributed by atoms with Crippen molar-refractivity contribution in [3.05, 3.63) is 101 Å². The molecule has 0 aliphatic carbocycles. The summed E-state index contributed by atoms with van der Waals surface area (Å²) in [5.41, 5.74) is 3.06. The summed E-state index contributed by atoms with van der Waals surface area (Å²) in [6.45, 7) is 8.00. The Kier molecular flexibility index (Phi) is 12.8. The van der Waals surface area contributed by atoms with E-state index in [0.717, 1.165) is 17.5 Å². The summed E-state index contributed by atoms with van der Waals surface area (Å²) < 4.78 is 19.6. The number of hydrogen-bond donors (Lipinski definition) is 4. The lowest BCUT2D eigenvalue weighted by atomic mass is 9.92. The first-order valence-electron chi connectivity index (χ1n) is 16.3. The zero-order valence-corrected chi connectivity index (χ0v) is 27.7. The minimum absolute atomic E-state index is 0.139. The summed E-state index contributed by atoms with van der Waals surface area (Å²) in [5, 5.41) is 20.6. The second-order valence-corrected chi connectivity index (χ2v) is 12.7. The number of aliphatic hydroxyl groups is 1. The molecule has 1 saturated heterocycles. The number of benzene rings is 3. The molecule has 1 fully saturated rings. The van der Waals surface area contributed by atoms with Crippen LogP contribution in [0.15, 0.2) is 72.8 Å². The van der Waals surface area contributed by atoms with E-state index >= 15 is 0 Å². The third kappa shape index (κ3) is 10.3. The van der Waals surface area contributed by atoms with Crippen LogP contribution in [-0.2, 0) is 22.4 Å². The Hall–Kier alpha value is -4.44. The number of aliphatic hydroxyl groups excluding tert-OH is 1. The maximum Gasteiger partial charge on any atom is 0.318 e. The van der Waals surface area contributed by atoms with Gasteiger partial charge in [0.1, 0.15) is 17.6 Å². The number of urea groups is 1. The number of aryl methyl sites for hydroxylation is 2. The minimum Gasteiger partial charge on any atom is -0.483 e. The van der Waals surface area contributed by atoms with E-state index in [0.29, 0.717) is 42.8 Å². The van der Waals surface area contributed by atoms with Gasteiger partial charge < -0.3 is 30.7 Å². The minimum atomic E-state index is -1.04. The summed E-state index contributed by atoms with van der Waals surface area (Å²) >= 11 is 0. The molecule has 4 rings (SSSR count). The third-order valence-electron chi connectivity index (χ3n) is 8.43. The maximum atomic E-state index is 13.8. The number of hydrogen-bond acceptors (Lipinski definition) is 5. The van der Waals surface area contributed by atoms with E-state index in [1.54, 1.807) is 18.7 Å². The molecule has 3 aromatic carbocycles. The van der Waals surface area contributed by atoms with Crippen molar-refractivity contribution in [2.45, 2.75) is 77.6 Å². The Balaban J connectivity index is 1.52. The van der Waals surface area contributed by atoms with Crippen LogP contribution in [0.3, 0.4) is 0 Å². The molecule has 1 heterocycles. The van der Waals surface area contributed by atoms with Crippen LogP contribution in [0.5, 0.6) is 5.75 Å². The SMILES string of the molecule is Cc1cc(F)cc(C)c1OCC(=O)N[C@@H](Cc1ccccc1)[C@@H](O)C[C@H](Cc1ccccc1)NC(=O)[C@H](C(C)C)N1CCCNC1=O. The van der Waals surface area contributed by atoms with E-state index in [4.69, 9.17) is 4.74 Å². The summed E-state index contributed by atoms with van der Waals surface area (Å²) in [5.74, 6) is -0.798. The molecule has 3 aromatic rings. The average molecular weight is 647 g/mol. The predicted molar refractivity (Wildman–Crippen MR) is 179 cm³/mol. The molecule has 0 aromatic heterocycles. The predicted octanol–water partition coefficient (Wildman–Crippen LogP) is 4.47. The van der Waals surface area contributed by atoms with Crippen molar-refractivity contribution in [1.82, 2.24) is 20.9 Å². The van der Waals surface area contributed by atoms with Crippen LogP contribution in [-0.4, -0.2) is 71.8 Å². The smallest absolute Gasteiger partial charge is 0.318 e. The van der Waals surface area contributed by atoms with Crippen molar-refractivity contribution < 1.29 is 28.6 Å². The number of rotatable bonds is 15. The van der Waals surface area contributed by atoms with Gasteiger partial charge in [-0.3, -0.25) is 9.59 Å². The highest BCUT2D eigenvalue weighted by Gasteiger charge is 2.35. The fraction of sp³-hybridized carbons (Fsp3) is 0.432. The molecule has 47 heavy (non-hydrogen) atoms. The second-order valence-electron chi connectivity index (χ2n) is 12.7. The van der Waals surface area contributed by atoms with Gasteiger partial charge in [0.15, 0.2) is 6.61 Å². The Morgan fingerprint density at radius 1 is 0.957 bits per heavy atom. The van der Waals surface area contributed by atoms with Gasteiger partial charge in [0.25, 0.3) is 5.91 Å². The van der Waals surface area contributed by atoms with Gasteiger partial charge in [-0.15, -0.1) is 0 Å². The van der Waals surface area contributed by atoms with Gasteiger partial charge in [-0.2, -0.15) is 0 Å². The van der Waals surface area contributed by atoms with E-state index in [2.05, 4.69) is 16.0 Å². The normalized spacial score (nSPS) is 15.7. The first-order valence-corrected chi connectivity index (χ1v) is 16.3. The summed E-state index contributed by atoms with van der Waals surface area (Å²) in [7, 11) is 0. The van der Waals surface area contributed by atoms with Gasteiger partial charge in [-0.05, 0) is 79.8 Å². The third-order valence-corrected chi connectivity index (χ3v) is 8.43. The van der Waals surface area contributed by atoms with Crippen LogP contribution in [0.4, 0.5) is 9.18 Å². The lowest BCUT2D eigenvalue weighted by Crippen LogP contribution is -2.59. The Morgan fingerprint density at radius 3 is 2.13 bits per heavy atom. The van der Waals surface area contributed by atoms with Gasteiger partial charge in [0.05, 0.1) is 12.1 Å². The summed E-state index contributed by atoms with van der Waals surface area (Å²) in [6.07, 6.45) is 0.639. The van der Waals surface area contributed by atoms with Crippen LogP contribution in [0, 0.1) is 25.6 Å². The van der Waals surface area contributed by atoms with Crippen molar-refractivity contribution in [2.75, 3.05) is 19.7 Å². The molecule has 252 valence electrons. The number of nitrogens with zero attached hydrogens (tertiary/aromatic N) is 1. The van der Waals surface area contributed by atoms with Crippen LogP contribution < -0.4 is 20.7 Å². The van der Waals surface area contributed by atoms with E-state index < -0.39 is 30.1 Å². The molecule has 10 heteroatoms. The molecule has 0 saturated carbocycles. The van der Waals surface area contributed by atoms with E-state index in [9.17, 15) is 23.9 Å². The molecule has 0 bridgehead atoms. The zero-order chi connectivity index (χ0) is 33.9. The molecule has 4 amide bonds. The van der Waals surface area contributed by atoms with Gasteiger partial charge in [0.2, 0.25) is 5.91 Å². The maximum absolute atomic E-state index is 13.8. The van der Waals surface area contributed by atoms with E-state index in [1.807, 2.05) is 74.5 Å². The van der Waals surface area contributed by atoms with Gasteiger partial charge in [0, 0.05) is 19.1 Å². The quantitative estimate of drug-likeness (QED) is 0.194. The van der Waals surface area contributed by atoms with Gasteiger partial charge >= 0.3 is 6.03 Å². The molecule has 1 aliphatic rings. The monoisotopic (exact) mass is 646 g/mol. The fourth-order valence-corrected chi connectivity index (χ4v) is 6.21.